The summed E-state index contributed by atoms with van der Waals surface area (Å²) in [6, 6.07) is 11.8. The highest BCUT2D eigenvalue weighted by molar-refractivity contribution is 7.95. The Morgan fingerprint density at radius 3 is 2.67 bits per heavy atom. The van der Waals surface area contributed by atoms with Crippen molar-refractivity contribution in [3.8, 4) is 6.07 Å². The van der Waals surface area contributed by atoms with Gasteiger partial charge >= 0.3 is 5.97 Å². The van der Waals surface area contributed by atoms with Gasteiger partial charge in [-0.2, -0.15) is 5.26 Å². The maximum atomic E-state index is 12.7. The minimum Gasteiger partial charge on any atom is -0.462 e. The normalized spacial score (nSPS) is 11.6. The van der Waals surface area contributed by atoms with E-state index in [4.69, 9.17) is 27.9 Å². The number of benzene rings is 2. The summed E-state index contributed by atoms with van der Waals surface area (Å²) in [6.07, 6.45) is 1.02. The van der Waals surface area contributed by atoms with Crippen LogP contribution in [0.1, 0.15) is 17.3 Å². The first-order chi connectivity index (χ1) is 12.8. The van der Waals surface area contributed by atoms with Gasteiger partial charge in [-0.05, 0) is 43.3 Å². The fraction of sp³-hybridized carbons (Fsp3) is 0.111. The number of sulfone groups is 1. The number of ether oxygens (including phenoxy) is 1. The van der Waals surface area contributed by atoms with Crippen molar-refractivity contribution in [3.05, 3.63) is 69.2 Å². The Labute approximate surface area is 166 Å². The van der Waals surface area contributed by atoms with E-state index in [2.05, 4.69) is 5.32 Å². The van der Waals surface area contributed by atoms with Crippen molar-refractivity contribution < 1.29 is 17.9 Å². The molecule has 0 aromatic heterocycles. The van der Waals surface area contributed by atoms with Gasteiger partial charge in [0.1, 0.15) is 6.07 Å². The molecule has 0 saturated heterocycles. The summed E-state index contributed by atoms with van der Waals surface area (Å²) in [7, 11) is -4.18. The number of anilines is 1. The lowest BCUT2D eigenvalue weighted by Gasteiger charge is -2.08. The highest BCUT2D eigenvalue weighted by Gasteiger charge is 2.24. The second-order valence-electron chi connectivity index (χ2n) is 5.14. The second-order valence-corrected chi connectivity index (χ2v) is 7.87. The molecule has 0 spiro atoms. The number of hydrogen-bond acceptors (Lipinski definition) is 6. The number of rotatable bonds is 6. The van der Waals surface area contributed by atoms with Gasteiger partial charge in [0.05, 0.1) is 22.1 Å². The second kappa shape index (κ2) is 8.91. The minimum atomic E-state index is -4.18. The molecule has 0 bridgehead atoms. The minimum absolute atomic E-state index is 0.0511. The van der Waals surface area contributed by atoms with Crippen molar-refractivity contribution in [1.29, 1.82) is 5.26 Å². The van der Waals surface area contributed by atoms with Crippen molar-refractivity contribution in [2.24, 2.45) is 0 Å². The molecule has 0 amide bonds. The van der Waals surface area contributed by atoms with E-state index in [0.717, 1.165) is 6.20 Å². The summed E-state index contributed by atoms with van der Waals surface area (Å²) in [6.45, 7) is 1.92. The van der Waals surface area contributed by atoms with Gasteiger partial charge in [-0.15, -0.1) is 0 Å². The molecule has 0 unspecified atom stereocenters. The van der Waals surface area contributed by atoms with E-state index in [1.165, 1.54) is 24.3 Å². The van der Waals surface area contributed by atoms with E-state index < -0.39 is 20.7 Å². The van der Waals surface area contributed by atoms with Crippen molar-refractivity contribution in [2.75, 3.05) is 11.9 Å². The molecule has 0 aliphatic heterocycles. The SMILES string of the molecule is CCOC(=O)c1cccc(NC=C(C#N)S(=O)(=O)c2cc(Cl)ccc2Cl)c1. The predicted octanol–water partition coefficient (Wildman–Crippen LogP) is 4.42. The average Bonchev–Trinajstić information content (AvgIpc) is 2.64. The van der Waals surface area contributed by atoms with E-state index >= 15 is 0 Å². The number of halogens is 2. The lowest BCUT2D eigenvalue weighted by atomic mass is 10.2. The Morgan fingerprint density at radius 1 is 1.26 bits per heavy atom. The first-order valence-electron chi connectivity index (χ1n) is 7.63. The molecule has 140 valence electrons. The van der Waals surface area contributed by atoms with Gasteiger partial charge in [0.2, 0.25) is 9.84 Å². The summed E-state index contributed by atoms with van der Waals surface area (Å²) in [5.41, 5.74) is 0.690. The smallest absolute Gasteiger partial charge is 0.338 e. The Kier molecular flexibility index (Phi) is 6.86. The maximum Gasteiger partial charge on any atom is 0.338 e. The van der Waals surface area contributed by atoms with Gasteiger partial charge in [0.25, 0.3) is 0 Å². The Morgan fingerprint density at radius 2 is 2.00 bits per heavy atom. The summed E-state index contributed by atoms with van der Waals surface area (Å²) in [5, 5.41) is 12.1. The first-order valence-corrected chi connectivity index (χ1v) is 9.87. The number of nitrogens with one attached hydrogen (secondary N) is 1. The van der Waals surface area contributed by atoms with Crippen LogP contribution < -0.4 is 5.32 Å². The third-order valence-electron chi connectivity index (χ3n) is 3.33. The molecule has 0 fully saturated rings. The molecule has 0 atom stereocenters. The van der Waals surface area contributed by atoms with Crippen molar-refractivity contribution >= 4 is 44.7 Å². The van der Waals surface area contributed by atoms with Gasteiger partial charge < -0.3 is 10.1 Å². The van der Waals surface area contributed by atoms with Crippen LogP contribution in [0.4, 0.5) is 5.69 Å². The number of carbonyl (C=O) groups is 1. The summed E-state index contributed by atoms with van der Waals surface area (Å²) >= 11 is 11.8. The zero-order valence-corrected chi connectivity index (χ0v) is 16.4. The first kappa shape index (κ1) is 20.8. The lowest BCUT2D eigenvalue weighted by molar-refractivity contribution is 0.0526. The molecular formula is C18H14Cl2N2O4S. The fourth-order valence-corrected chi connectivity index (χ4v) is 3.91. The molecule has 2 aromatic carbocycles. The topological polar surface area (TPSA) is 96.3 Å². The standard InChI is InChI=1S/C18H14Cl2N2O4S/c1-2-26-18(23)12-4-3-5-14(8-12)22-11-15(10-21)27(24,25)17-9-13(19)6-7-16(17)20/h3-9,11,22H,2H2,1H3. The van der Waals surface area contributed by atoms with E-state index in [-0.39, 0.29) is 27.1 Å². The maximum absolute atomic E-state index is 12.7. The van der Waals surface area contributed by atoms with Crippen LogP contribution in [-0.2, 0) is 14.6 Å². The van der Waals surface area contributed by atoms with Crippen LogP contribution in [0.3, 0.4) is 0 Å². The van der Waals surface area contributed by atoms with Gasteiger partial charge in [-0.1, -0.05) is 29.3 Å². The van der Waals surface area contributed by atoms with Crippen LogP contribution in [0.25, 0.3) is 0 Å². The van der Waals surface area contributed by atoms with Crippen LogP contribution in [0.2, 0.25) is 10.0 Å². The van der Waals surface area contributed by atoms with Gasteiger partial charge in [0.15, 0.2) is 4.91 Å². The Hall–Kier alpha value is -2.53. The largest absolute Gasteiger partial charge is 0.462 e. The van der Waals surface area contributed by atoms with E-state index in [1.54, 1.807) is 31.2 Å². The van der Waals surface area contributed by atoms with E-state index in [9.17, 15) is 18.5 Å². The van der Waals surface area contributed by atoms with Gasteiger partial charge in [-0.3, -0.25) is 0 Å². The zero-order valence-electron chi connectivity index (χ0n) is 14.1. The quantitative estimate of drug-likeness (QED) is 0.544. The number of hydrogen-bond donors (Lipinski definition) is 1. The van der Waals surface area contributed by atoms with E-state index in [1.807, 2.05) is 0 Å². The molecule has 6 nitrogen and oxygen atoms in total. The fourth-order valence-electron chi connectivity index (χ4n) is 2.07. The number of nitrogens with zero attached hydrogens (tertiary/aromatic N) is 1. The molecule has 0 saturated carbocycles. The summed E-state index contributed by atoms with van der Waals surface area (Å²) in [4.78, 5) is 10.9. The zero-order chi connectivity index (χ0) is 20.0. The predicted molar refractivity (Wildman–Crippen MR) is 103 cm³/mol. The number of allylic oxidation sites excluding steroid dienone is 1. The third-order valence-corrected chi connectivity index (χ3v) is 5.71. The van der Waals surface area contributed by atoms with Crippen LogP contribution in [0.5, 0.6) is 0 Å². The molecule has 0 heterocycles. The molecule has 0 aliphatic carbocycles. The molecule has 2 rings (SSSR count). The van der Waals surface area contributed by atoms with Gasteiger partial charge in [-0.25, -0.2) is 13.2 Å². The van der Waals surface area contributed by atoms with Crippen LogP contribution in [0.15, 0.2) is 58.5 Å². The highest BCUT2D eigenvalue weighted by Crippen LogP contribution is 2.29. The molecule has 9 heteroatoms. The Bertz CT molecular complexity index is 1040. The lowest BCUT2D eigenvalue weighted by Crippen LogP contribution is -2.07. The molecule has 2 aromatic rings. The highest BCUT2D eigenvalue weighted by atomic mass is 35.5. The number of esters is 1. The Balaban J connectivity index is 2.34. The van der Waals surface area contributed by atoms with Crippen molar-refractivity contribution in [3.63, 3.8) is 0 Å². The molecular weight excluding hydrogens is 411 g/mol. The van der Waals surface area contributed by atoms with Crippen LogP contribution in [0, 0.1) is 11.3 Å². The van der Waals surface area contributed by atoms with Crippen molar-refractivity contribution in [1.82, 2.24) is 0 Å². The summed E-state index contributed by atoms with van der Waals surface area (Å²) in [5.74, 6) is -0.510. The molecule has 1 N–H and O–H groups in total. The van der Waals surface area contributed by atoms with Crippen LogP contribution >= 0.6 is 23.2 Å². The number of nitriles is 1. The molecule has 27 heavy (non-hydrogen) atoms. The van der Waals surface area contributed by atoms with Crippen molar-refractivity contribution in [2.45, 2.75) is 11.8 Å². The molecule has 0 radical (unpaired) electrons. The number of carbonyl (C=O) groups excluding carboxylic acids is 1. The molecule has 0 aliphatic rings. The van der Waals surface area contributed by atoms with Crippen LogP contribution in [-0.4, -0.2) is 21.0 Å². The third kappa shape index (κ3) is 5.01. The monoisotopic (exact) mass is 424 g/mol. The summed E-state index contributed by atoms with van der Waals surface area (Å²) < 4.78 is 30.2. The van der Waals surface area contributed by atoms with E-state index in [0.29, 0.717) is 5.69 Å². The van der Waals surface area contributed by atoms with Gasteiger partial charge in [0, 0.05) is 16.9 Å². The average molecular weight is 425 g/mol.